The maximum absolute atomic E-state index is 12.2. The van der Waals surface area contributed by atoms with Crippen LogP contribution in [-0.4, -0.2) is 5.21 Å². The minimum absolute atomic E-state index is 0.251. The Hall–Kier alpha value is -0.350. The van der Waals surface area contributed by atoms with Crippen molar-refractivity contribution in [3.05, 3.63) is 29.8 Å². The quantitative estimate of drug-likeness (QED) is 0.543. The second-order valence-electron chi connectivity index (χ2n) is 2.28. The molecule has 1 rings (SSSR count). The molecule has 0 radical (unpaired) electrons. The SMILES string of the molecule is FC(F)(F)c1cccc(SCCl)c1. The maximum Gasteiger partial charge on any atom is 0.416 e. The summed E-state index contributed by atoms with van der Waals surface area (Å²) in [5.74, 6) is 0. The van der Waals surface area contributed by atoms with Crippen LogP contribution in [0.15, 0.2) is 29.2 Å². The molecule has 0 amide bonds. The van der Waals surface area contributed by atoms with E-state index >= 15 is 0 Å². The fourth-order valence-electron chi connectivity index (χ4n) is 0.825. The Balaban J connectivity index is 2.92. The summed E-state index contributed by atoms with van der Waals surface area (Å²) in [4.78, 5) is 0.532. The van der Waals surface area contributed by atoms with E-state index in [1.165, 1.54) is 17.8 Å². The highest BCUT2D eigenvalue weighted by atomic mass is 35.5. The van der Waals surface area contributed by atoms with Gasteiger partial charge >= 0.3 is 6.18 Å². The Morgan fingerprint density at radius 3 is 2.54 bits per heavy atom. The molecule has 0 bridgehead atoms. The Bertz CT molecular complexity index is 285. The molecule has 1 aromatic carbocycles. The zero-order valence-corrected chi connectivity index (χ0v) is 8.01. The van der Waals surface area contributed by atoms with Gasteiger partial charge in [0, 0.05) is 4.90 Å². The van der Waals surface area contributed by atoms with Gasteiger partial charge in [-0.25, -0.2) is 0 Å². The smallest absolute Gasteiger partial charge is 0.166 e. The first-order valence-electron chi connectivity index (χ1n) is 3.40. The maximum atomic E-state index is 12.2. The molecule has 0 nitrogen and oxygen atoms in total. The molecule has 13 heavy (non-hydrogen) atoms. The van der Waals surface area contributed by atoms with Gasteiger partial charge in [0.15, 0.2) is 0 Å². The summed E-state index contributed by atoms with van der Waals surface area (Å²) in [6.45, 7) is 0. The van der Waals surface area contributed by atoms with E-state index in [2.05, 4.69) is 0 Å². The Morgan fingerprint density at radius 2 is 2.00 bits per heavy atom. The summed E-state index contributed by atoms with van der Waals surface area (Å²) < 4.78 is 36.5. The fraction of sp³-hybridized carbons (Fsp3) is 0.250. The lowest BCUT2D eigenvalue weighted by atomic mass is 10.2. The third kappa shape index (κ3) is 3.12. The molecule has 0 fully saturated rings. The second-order valence-corrected chi connectivity index (χ2v) is 3.91. The van der Waals surface area contributed by atoms with Crippen molar-refractivity contribution in [2.75, 3.05) is 5.21 Å². The normalized spacial score (nSPS) is 11.7. The topological polar surface area (TPSA) is 0 Å². The van der Waals surface area contributed by atoms with Crippen molar-refractivity contribution in [2.45, 2.75) is 11.1 Å². The van der Waals surface area contributed by atoms with Crippen molar-refractivity contribution in [3.8, 4) is 0 Å². The molecule has 0 spiro atoms. The van der Waals surface area contributed by atoms with Gasteiger partial charge in [-0.2, -0.15) is 13.2 Å². The van der Waals surface area contributed by atoms with Crippen LogP contribution >= 0.6 is 23.4 Å². The summed E-state index contributed by atoms with van der Waals surface area (Å²) in [6, 6.07) is 5.10. The second kappa shape index (κ2) is 4.24. The van der Waals surface area contributed by atoms with Crippen molar-refractivity contribution in [3.63, 3.8) is 0 Å². The van der Waals surface area contributed by atoms with Gasteiger partial charge in [-0.15, -0.1) is 23.4 Å². The number of hydrogen-bond acceptors (Lipinski definition) is 1. The van der Waals surface area contributed by atoms with E-state index in [1.54, 1.807) is 6.07 Å². The molecule has 0 aliphatic rings. The molecule has 0 aliphatic carbocycles. The number of halogens is 4. The van der Waals surface area contributed by atoms with Gasteiger partial charge in [-0.3, -0.25) is 0 Å². The van der Waals surface area contributed by atoms with Gasteiger partial charge in [0.1, 0.15) is 0 Å². The van der Waals surface area contributed by atoms with E-state index < -0.39 is 11.7 Å². The predicted molar refractivity (Wildman–Crippen MR) is 48.0 cm³/mol. The van der Waals surface area contributed by atoms with Crippen LogP contribution in [0, 0.1) is 0 Å². The lowest BCUT2D eigenvalue weighted by molar-refractivity contribution is -0.137. The number of hydrogen-bond donors (Lipinski definition) is 0. The van der Waals surface area contributed by atoms with Crippen LogP contribution in [0.1, 0.15) is 5.56 Å². The van der Waals surface area contributed by atoms with Crippen molar-refractivity contribution in [2.24, 2.45) is 0 Å². The van der Waals surface area contributed by atoms with Crippen LogP contribution in [0.25, 0.3) is 0 Å². The minimum Gasteiger partial charge on any atom is -0.166 e. The van der Waals surface area contributed by atoms with E-state index in [1.807, 2.05) is 0 Å². The molecule has 0 unspecified atom stereocenters. The minimum atomic E-state index is -4.27. The number of thioether (sulfide) groups is 1. The van der Waals surface area contributed by atoms with Crippen LogP contribution in [0.4, 0.5) is 13.2 Å². The fourth-order valence-corrected chi connectivity index (χ4v) is 1.71. The van der Waals surface area contributed by atoms with Gasteiger partial charge in [0.2, 0.25) is 0 Å². The first-order valence-corrected chi connectivity index (χ1v) is 4.92. The lowest BCUT2D eigenvalue weighted by Crippen LogP contribution is -2.04. The zero-order chi connectivity index (χ0) is 9.90. The van der Waals surface area contributed by atoms with E-state index in [0.717, 1.165) is 12.1 Å². The third-order valence-corrected chi connectivity index (χ3v) is 2.41. The Morgan fingerprint density at radius 1 is 1.31 bits per heavy atom. The number of benzene rings is 1. The molecular formula is C8H6ClF3S. The molecule has 72 valence electrons. The molecule has 0 aromatic heterocycles. The highest BCUT2D eigenvalue weighted by Crippen LogP contribution is 2.31. The average Bonchev–Trinajstić information content (AvgIpc) is 2.04. The van der Waals surface area contributed by atoms with Gasteiger partial charge in [-0.05, 0) is 18.2 Å². The van der Waals surface area contributed by atoms with Gasteiger partial charge < -0.3 is 0 Å². The van der Waals surface area contributed by atoms with E-state index in [9.17, 15) is 13.2 Å². The molecule has 5 heteroatoms. The lowest BCUT2D eigenvalue weighted by Gasteiger charge is -2.07. The molecule has 0 heterocycles. The summed E-state index contributed by atoms with van der Waals surface area (Å²) in [5.41, 5.74) is -0.636. The largest absolute Gasteiger partial charge is 0.416 e. The van der Waals surface area contributed by atoms with Crippen LogP contribution in [0.5, 0.6) is 0 Å². The predicted octanol–water partition coefficient (Wildman–Crippen LogP) is 3.99. The highest BCUT2D eigenvalue weighted by Gasteiger charge is 2.30. The van der Waals surface area contributed by atoms with Crippen LogP contribution in [0.3, 0.4) is 0 Å². The Kier molecular flexibility index (Phi) is 3.50. The summed E-state index contributed by atoms with van der Waals surface area (Å²) in [7, 11) is 0. The van der Waals surface area contributed by atoms with Crippen LogP contribution in [0.2, 0.25) is 0 Å². The molecule has 0 aliphatic heterocycles. The first kappa shape index (κ1) is 10.7. The molecular weight excluding hydrogens is 221 g/mol. The highest BCUT2D eigenvalue weighted by molar-refractivity contribution is 8.00. The van der Waals surface area contributed by atoms with Crippen LogP contribution < -0.4 is 0 Å². The van der Waals surface area contributed by atoms with E-state index in [0.29, 0.717) is 4.90 Å². The summed E-state index contributed by atoms with van der Waals surface area (Å²) >= 11 is 6.56. The third-order valence-electron chi connectivity index (χ3n) is 1.38. The van der Waals surface area contributed by atoms with Crippen molar-refractivity contribution in [1.29, 1.82) is 0 Å². The summed E-state index contributed by atoms with van der Waals surface area (Å²) in [5, 5.41) is 0.251. The summed E-state index contributed by atoms with van der Waals surface area (Å²) in [6.07, 6.45) is -4.27. The van der Waals surface area contributed by atoms with Crippen molar-refractivity contribution < 1.29 is 13.2 Å². The number of rotatable bonds is 2. The van der Waals surface area contributed by atoms with E-state index in [4.69, 9.17) is 11.6 Å². The first-order chi connectivity index (χ1) is 6.04. The molecule has 1 aromatic rings. The molecule has 0 saturated carbocycles. The van der Waals surface area contributed by atoms with E-state index in [-0.39, 0.29) is 5.21 Å². The molecule has 0 atom stereocenters. The molecule has 0 saturated heterocycles. The average molecular weight is 227 g/mol. The zero-order valence-electron chi connectivity index (χ0n) is 6.44. The van der Waals surface area contributed by atoms with Crippen molar-refractivity contribution >= 4 is 23.4 Å². The van der Waals surface area contributed by atoms with Crippen LogP contribution in [-0.2, 0) is 6.18 Å². The molecule has 0 N–H and O–H groups in total. The van der Waals surface area contributed by atoms with Gasteiger partial charge in [0.25, 0.3) is 0 Å². The number of alkyl halides is 4. The standard InChI is InChI=1S/C8H6ClF3S/c9-5-13-7-3-1-2-6(4-7)8(10,11)12/h1-4H,5H2. The van der Waals surface area contributed by atoms with Gasteiger partial charge in [-0.1, -0.05) is 6.07 Å². The Labute approximate surface area is 83.1 Å². The van der Waals surface area contributed by atoms with Crippen molar-refractivity contribution in [1.82, 2.24) is 0 Å². The monoisotopic (exact) mass is 226 g/mol. The van der Waals surface area contributed by atoms with Gasteiger partial charge in [0.05, 0.1) is 10.8 Å².